The van der Waals surface area contributed by atoms with E-state index in [0.29, 0.717) is 36.6 Å². The lowest BCUT2D eigenvalue weighted by atomic mass is 10.0. The lowest BCUT2D eigenvalue weighted by Crippen LogP contribution is -2.29. The molecule has 1 saturated heterocycles. The molecule has 0 spiro atoms. The second-order valence-corrected chi connectivity index (χ2v) is 11.2. The van der Waals surface area contributed by atoms with Crippen molar-refractivity contribution in [2.45, 2.75) is 51.2 Å². The minimum Gasteiger partial charge on any atom is -0.356 e. The molecule has 190 valence electrons. The SMILES string of the molecule is Cc1cc(C(C)NC(=O)C2CC2c2ccc(C(F)(F)F)nc2N2CCCC2)ccc1NS(C)(=O)=O. The van der Waals surface area contributed by atoms with Crippen molar-refractivity contribution in [3.8, 4) is 0 Å². The van der Waals surface area contributed by atoms with E-state index in [-0.39, 0.29) is 23.8 Å². The van der Waals surface area contributed by atoms with Gasteiger partial charge in [-0.2, -0.15) is 13.2 Å². The fourth-order valence-electron chi connectivity index (χ4n) is 4.59. The van der Waals surface area contributed by atoms with Crippen LogP contribution in [-0.2, 0) is 21.0 Å². The van der Waals surface area contributed by atoms with Gasteiger partial charge in [0.2, 0.25) is 15.9 Å². The molecule has 4 rings (SSSR count). The van der Waals surface area contributed by atoms with Gasteiger partial charge in [0.15, 0.2) is 0 Å². The van der Waals surface area contributed by atoms with E-state index < -0.39 is 21.9 Å². The normalized spacial score (nSPS) is 21.0. The van der Waals surface area contributed by atoms with Gasteiger partial charge < -0.3 is 10.2 Å². The van der Waals surface area contributed by atoms with Gasteiger partial charge in [-0.25, -0.2) is 13.4 Å². The number of aromatic nitrogens is 1. The summed E-state index contributed by atoms with van der Waals surface area (Å²) < 4.78 is 65.2. The molecule has 1 aliphatic heterocycles. The van der Waals surface area contributed by atoms with Gasteiger partial charge >= 0.3 is 6.18 Å². The number of pyridine rings is 1. The topological polar surface area (TPSA) is 91.4 Å². The van der Waals surface area contributed by atoms with E-state index in [9.17, 15) is 26.4 Å². The Kier molecular flexibility index (Phi) is 6.74. The highest BCUT2D eigenvalue weighted by molar-refractivity contribution is 7.92. The Hall–Kier alpha value is -2.82. The van der Waals surface area contributed by atoms with Crippen LogP contribution >= 0.6 is 0 Å². The predicted molar refractivity (Wildman–Crippen MR) is 128 cm³/mol. The summed E-state index contributed by atoms with van der Waals surface area (Å²) in [6.45, 7) is 4.93. The van der Waals surface area contributed by atoms with Gasteiger partial charge in [-0.15, -0.1) is 0 Å². The largest absolute Gasteiger partial charge is 0.433 e. The molecule has 2 aromatic rings. The first-order chi connectivity index (χ1) is 16.3. The Bertz CT molecular complexity index is 1230. The van der Waals surface area contributed by atoms with Crippen molar-refractivity contribution in [3.63, 3.8) is 0 Å². The summed E-state index contributed by atoms with van der Waals surface area (Å²) in [5.74, 6) is -0.318. The quantitative estimate of drug-likeness (QED) is 0.578. The maximum absolute atomic E-state index is 13.3. The highest BCUT2D eigenvalue weighted by atomic mass is 32.2. The van der Waals surface area contributed by atoms with Crippen LogP contribution in [0.4, 0.5) is 24.7 Å². The first kappa shape index (κ1) is 25.3. The van der Waals surface area contributed by atoms with E-state index in [1.165, 1.54) is 6.07 Å². The summed E-state index contributed by atoms with van der Waals surface area (Å²) in [7, 11) is -3.40. The molecule has 1 aromatic heterocycles. The molecule has 1 saturated carbocycles. The number of alkyl halides is 3. The van der Waals surface area contributed by atoms with Crippen molar-refractivity contribution >= 4 is 27.4 Å². The van der Waals surface area contributed by atoms with E-state index in [4.69, 9.17) is 0 Å². The summed E-state index contributed by atoms with van der Waals surface area (Å²) in [6, 6.07) is 7.37. The number of nitrogens with one attached hydrogen (secondary N) is 2. The van der Waals surface area contributed by atoms with Crippen LogP contribution in [0.2, 0.25) is 0 Å². The minimum atomic E-state index is -4.52. The van der Waals surface area contributed by atoms with Gasteiger partial charge in [0.05, 0.1) is 18.0 Å². The van der Waals surface area contributed by atoms with Gasteiger partial charge in [0, 0.05) is 19.0 Å². The lowest BCUT2D eigenvalue weighted by molar-refractivity contribution is -0.141. The number of halogens is 3. The molecular formula is C24H29F3N4O3S. The van der Waals surface area contributed by atoms with Crippen LogP contribution < -0.4 is 14.9 Å². The molecule has 11 heteroatoms. The Morgan fingerprint density at radius 1 is 1.17 bits per heavy atom. The number of carbonyl (C=O) groups is 1. The van der Waals surface area contributed by atoms with Crippen molar-refractivity contribution in [2.24, 2.45) is 5.92 Å². The van der Waals surface area contributed by atoms with Crippen LogP contribution in [0.5, 0.6) is 0 Å². The zero-order valence-corrected chi connectivity index (χ0v) is 20.6. The summed E-state index contributed by atoms with van der Waals surface area (Å²) in [4.78, 5) is 18.8. The average Bonchev–Trinajstić information content (AvgIpc) is 3.37. The number of hydrogen-bond donors (Lipinski definition) is 2. The van der Waals surface area contributed by atoms with E-state index in [2.05, 4.69) is 15.0 Å². The molecule has 2 heterocycles. The average molecular weight is 511 g/mol. The molecule has 1 amide bonds. The zero-order valence-electron chi connectivity index (χ0n) is 19.8. The van der Waals surface area contributed by atoms with Crippen molar-refractivity contribution < 1.29 is 26.4 Å². The maximum atomic E-state index is 13.3. The summed E-state index contributed by atoms with van der Waals surface area (Å²) >= 11 is 0. The maximum Gasteiger partial charge on any atom is 0.433 e. The Morgan fingerprint density at radius 2 is 1.86 bits per heavy atom. The Labute approximate surface area is 203 Å². The smallest absolute Gasteiger partial charge is 0.356 e. The number of nitrogens with zero attached hydrogens (tertiary/aromatic N) is 2. The number of hydrogen-bond acceptors (Lipinski definition) is 5. The first-order valence-corrected chi connectivity index (χ1v) is 13.4. The van der Waals surface area contributed by atoms with E-state index in [0.717, 1.165) is 36.3 Å². The van der Waals surface area contributed by atoms with Gasteiger partial charge in [-0.3, -0.25) is 9.52 Å². The number of aryl methyl sites for hydroxylation is 1. The van der Waals surface area contributed by atoms with E-state index in [1.54, 1.807) is 19.1 Å². The predicted octanol–water partition coefficient (Wildman–Crippen LogP) is 4.36. The highest BCUT2D eigenvalue weighted by Crippen LogP contribution is 2.51. The van der Waals surface area contributed by atoms with Crippen LogP contribution in [0.1, 0.15) is 60.5 Å². The standard InChI is InChI=1S/C24H29F3N4O3S/c1-14-12-16(6-8-20(14)30-35(3,33)34)15(2)28-23(32)19-13-18(19)17-7-9-21(24(25,26)27)29-22(17)31-10-4-5-11-31/h6-9,12,15,18-19,30H,4-5,10-11,13H2,1-3H3,(H,28,32). The number of rotatable bonds is 7. The molecule has 2 fully saturated rings. The summed E-state index contributed by atoms with van der Waals surface area (Å²) in [6.07, 6.45) is -1.07. The molecule has 7 nitrogen and oxygen atoms in total. The summed E-state index contributed by atoms with van der Waals surface area (Å²) in [5, 5.41) is 2.99. The number of sulfonamides is 1. The number of anilines is 2. The monoisotopic (exact) mass is 510 g/mol. The molecule has 3 atom stereocenters. The first-order valence-electron chi connectivity index (χ1n) is 11.6. The molecule has 0 radical (unpaired) electrons. The van der Waals surface area contributed by atoms with E-state index >= 15 is 0 Å². The van der Waals surface area contributed by atoms with Gasteiger partial charge in [0.25, 0.3) is 0 Å². The highest BCUT2D eigenvalue weighted by Gasteiger charge is 2.47. The van der Waals surface area contributed by atoms with Crippen molar-refractivity contribution in [2.75, 3.05) is 29.0 Å². The molecular weight excluding hydrogens is 481 g/mol. The van der Waals surface area contributed by atoms with Crippen LogP contribution in [0.3, 0.4) is 0 Å². The fraction of sp³-hybridized carbons (Fsp3) is 0.500. The molecule has 2 aliphatic rings. The van der Waals surface area contributed by atoms with E-state index in [1.807, 2.05) is 17.9 Å². The molecule has 1 aliphatic carbocycles. The van der Waals surface area contributed by atoms with Crippen molar-refractivity contribution in [1.29, 1.82) is 0 Å². The Balaban J connectivity index is 1.46. The third-order valence-electron chi connectivity index (χ3n) is 6.53. The second-order valence-electron chi connectivity index (χ2n) is 9.43. The number of benzene rings is 1. The molecule has 0 bridgehead atoms. The molecule has 2 N–H and O–H groups in total. The second kappa shape index (κ2) is 9.33. The molecule has 1 aromatic carbocycles. The van der Waals surface area contributed by atoms with Gasteiger partial charge in [0.1, 0.15) is 11.5 Å². The minimum absolute atomic E-state index is 0.161. The molecule has 35 heavy (non-hydrogen) atoms. The van der Waals surface area contributed by atoms with Gasteiger partial charge in [-0.05, 0) is 67.9 Å². The van der Waals surface area contributed by atoms with Gasteiger partial charge in [-0.1, -0.05) is 18.2 Å². The fourth-order valence-corrected chi connectivity index (χ4v) is 5.22. The zero-order chi connectivity index (χ0) is 25.5. The van der Waals surface area contributed by atoms with Crippen LogP contribution in [0, 0.1) is 12.8 Å². The third kappa shape index (κ3) is 5.88. The van der Waals surface area contributed by atoms with Crippen LogP contribution in [0.15, 0.2) is 30.3 Å². The van der Waals surface area contributed by atoms with Crippen LogP contribution in [-0.4, -0.2) is 38.7 Å². The third-order valence-corrected chi connectivity index (χ3v) is 7.12. The van der Waals surface area contributed by atoms with Crippen molar-refractivity contribution in [3.05, 3.63) is 52.7 Å². The lowest BCUT2D eigenvalue weighted by Gasteiger charge is -2.22. The van der Waals surface area contributed by atoms with Crippen LogP contribution in [0.25, 0.3) is 0 Å². The Morgan fingerprint density at radius 3 is 2.46 bits per heavy atom. The number of carbonyl (C=O) groups excluding carboxylic acids is 1. The molecule has 3 unspecified atom stereocenters. The number of amides is 1. The van der Waals surface area contributed by atoms with Crippen molar-refractivity contribution in [1.82, 2.24) is 10.3 Å². The summed E-state index contributed by atoms with van der Waals surface area (Å²) in [5.41, 5.74) is 1.80.